The molecule has 1 saturated heterocycles. The van der Waals surface area contributed by atoms with E-state index in [4.69, 9.17) is 5.26 Å². The number of piperazine rings is 1. The van der Waals surface area contributed by atoms with E-state index in [9.17, 15) is 9.59 Å². The van der Waals surface area contributed by atoms with Crippen molar-refractivity contribution in [3.05, 3.63) is 35.4 Å². The van der Waals surface area contributed by atoms with Gasteiger partial charge in [0.15, 0.2) is 5.78 Å². The van der Waals surface area contributed by atoms with Gasteiger partial charge in [-0.1, -0.05) is 32.9 Å². The zero-order valence-corrected chi connectivity index (χ0v) is 14.4. The van der Waals surface area contributed by atoms with Gasteiger partial charge in [0.05, 0.1) is 17.7 Å². The lowest BCUT2D eigenvalue weighted by molar-refractivity contribution is 0.0861. The third kappa shape index (κ3) is 4.33. The average molecular weight is 328 g/mol. The fourth-order valence-electron chi connectivity index (χ4n) is 2.63. The molecule has 1 fully saturated rings. The predicted octanol–water partition coefficient (Wildman–Crippen LogP) is 1.77. The molecule has 1 atom stereocenters. The number of carbonyl (C=O) groups excluding carboxylic acids is 2. The molecule has 0 aliphatic carbocycles. The van der Waals surface area contributed by atoms with Crippen LogP contribution in [-0.2, 0) is 0 Å². The lowest BCUT2D eigenvalue weighted by atomic mass is 9.82. The molecule has 6 heteroatoms. The van der Waals surface area contributed by atoms with E-state index in [0.717, 1.165) is 13.1 Å². The van der Waals surface area contributed by atoms with Crippen LogP contribution in [0.5, 0.6) is 0 Å². The molecule has 0 saturated carbocycles. The number of benzene rings is 1. The van der Waals surface area contributed by atoms with E-state index >= 15 is 0 Å². The lowest BCUT2D eigenvalue weighted by Crippen LogP contribution is -2.56. The molecular weight excluding hydrogens is 304 g/mol. The number of hydrogen-bond acceptors (Lipinski definition) is 4. The summed E-state index contributed by atoms with van der Waals surface area (Å²) in [5.41, 5.74) is 0.576. The summed E-state index contributed by atoms with van der Waals surface area (Å²) >= 11 is 0. The number of rotatable bonds is 3. The van der Waals surface area contributed by atoms with Gasteiger partial charge >= 0.3 is 6.03 Å². The quantitative estimate of drug-likeness (QED) is 0.828. The molecule has 1 aromatic carbocycles. The second-order valence-corrected chi connectivity index (χ2v) is 7.04. The number of Topliss-reactive ketones (excluding diaryl/α,β-unsaturated/α-hetero) is 1. The fourth-order valence-corrected chi connectivity index (χ4v) is 2.63. The van der Waals surface area contributed by atoms with Crippen LogP contribution < -0.4 is 10.6 Å². The summed E-state index contributed by atoms with van der Waals surface area (Å²) in [6.07, 6.45) is 0. The number of carbonyl (C=O) groups is 2. The average Bonchev–Trinajstić information content (AvgIpc) is 2.58. The van der Waals surface area contributed by atoms with Crippen LogP contribution in [0.2, 0.25) is 0 Å². The molecule has 0 spiro atoms. The van der Waals surface area contributed by atoms with Gasteiger partial charge in [0.2, 0.25) is 0 Å². The molecule has 0 radical (unpaired) electrons. The number of nitrogens with zero attached hydrogens (tertiary/aromatic N) is 2. The summed E-state index contributed by atoms with van der Waals surface area (Å²) in [6, 6.07) is 7.70. The highest BCUT2D eigenvalue weighted by Crippen LogP contribution is 2.23. The predicted molar refractivity (Wildman–Crippen MR) is 91.7 cm³/mol. The van der Waals surface area contributed by atoms with Crippen molar-refractivity contribution in [2.75, 3.05) is 26.2 Å². The van der Waals surface area contributed by atoms with E-state index in [-0.39, 0.29) is 11.8 Å². The van der Waals surface area contributed by atoms with E-state index in [0.29, 0.717) is 24.2 Å². The van der Waals surface area contributed by atoms with Gasteiger partial charge in [-0.05, 0) is 17.5 Å². The minimum atomic E-state index is -0.632. The molecule has 0 bridgehead atoms. The van der Waals surface area contributed by atoms with E-state index in [1.165, 1.54) is 0 Å². The van der Waals surface area contributed by atoms with Gasteiger partial charge in [0.1, 0.15) is 0 Å². The third-order valence-corrected chi connectivity index (χ3v) is 4.10. The summed E-state index contributed by atoms with van der Waals surface area (Å²) in [4.78, 5) is 27.1. The Morgan fingerprint density at radius 2 is 1.79 bits per heavy atom. The van der Waals surface area contributed by atoms with Crippen LogP contribution in [0.25, 0.3) is 0 Å². The van der Waals surface area contributed by atoms with Gasteiger partial charge in [-0.25, -0.2) is 4.79 Å². The van der Waals surface area contributed by atoms with Crippen molar-refractivity contribution in [3.63, 3.8) is 0 Å². The molecule has 2 N–H and O–H groups in total. The van der Waals surface area contributed by atoms with Crippen LogP contribution in [0.3, 0.4) is 0 Å². The summed E-state index contributed by atoms with van der Waals surface area (Å²) in [5.74, 6) is -0.143. The van der Waals surface area contributed by atoms with Crippen molar-refractivity contribution in [1.29, 1.82) is 5.26 Å². The first-order valence-electron chi connectivity index (χ1n) is 8.13. The first-order valence-corrected chi connectivity index (χ1v) is 8.13. The van der Waals surface area contributed by atoms with Crippen molar-refractivity contribution in [2.24, 2.45) is 5.41 Å². The van der Waals surface area contributed by atoms with Crippen molar-refractivity contribution < 1.29 is 9.59 Å². The van der Waals surface area contributed by atoms with Gasteiger partial charge in [-0.15, -0.1) is 0 Å². The van der Waals surface area contributed by atoms with E-state index in [1.54, 1.807) is 29.2 Å². The number of nitriles is 1. The smallest absolute Gasteiger partial charge is 0.318 e. The van der Waals surface area contributed by atoms with Crippen LogP contribution in [0.15, 0.2) is 24.3 Å². The first kappa shape index (κ1) is 18.0. The highest BCUT2D eigenvalue weighted by molar-refractivity contribution is 6.02. The highest BCUT2D eigenvalue weighted by Gasteiger charge is 2.34. The minimum absolute atomic E-state index is 0.143. The maximum atomic E-state index is 12.9. The summed E-state index contributed by atoms with van der Waals surface area (Å²) in [7, 11) is 0. The van der Waals surface area contributed by atoms with E-state index in [2.05, 4.69) is 10.6 Å². The Morgan fingerprint density at radius 3 is 2.29 bits per heavy atom. The topological polar surface area (TPSA) is 85.2 Å². The second kappa shape index (κ2) is 7.45. The molecule has 1 aliphatic heterocycles. The monoisotopic (exact) mass is 328 g/mol. The molecule has 2 rings (SSSR count). The summed E-state index contributed by atoms with van der Waals surface area (Å²) in [5, 5.41) is 15.0. The van der Waals surface area contributed by atoms with Crippen molar-refractivity contribution in [1.82, 2.24) is 15.5 Å². The maximum absolute atomic E-state index is 12.9. The Balaban J connectivity index is 2.16. The van der Waals surface area contributed by atoms with Gasteiger partial charge in [-0.3, -0.25) is 4.79 Å². The van der Waals surface area contributed by atoms with Gasteiger partial charge in [0, 0.05) is 31.7 Å². The number of hydrogen-bond donors (Lipinski definition) is 2. The van der Waals surface area contributed by atoms with E-state index in [1.807, 2.05) is 26.8 Å². The van der Waals surface area contributed by atoms with Crippen LogP contribution in [-0.4, -0.2) is 48.9 Å². The Morgan fingerprint density at radius 1 is 1.21 bits per heavy atom. The molecular formula is C18H24N4O2. The SMILES string of the molecule is CC(C)(C)[C@H](NC(=O)N1CCNCC1)C(=O)c1ccc(C#N)cc1. The van der Waals surface area contributed by atoms with Crippen LogP contribution in [0, 0.1) is 16.7 Å². The molecule has 128 valence electrons. The Hall–Kier alpha value is -2.39. The number of urea groups is 1. The van der Waals surface area contributed by atoms with Crippen LogP contribution in [0.1, 0.15) is 36.7 Å². The molecule has 1 aromatic rings. The largest absolute Gasteiger partial charge is 0.327 e. The molecule has 0 aromatic heterocycles. The molecule has 0 unspecified atom stereocenters. The number of ketones is 1. The number of amides is 2. The second-order valence-electron chi connectivity index (χ2n) is 7.04. The molecule has 6 nitrogen and oxygen atoms in total. The van der Waals surface area contributed by atoms with Gasteiger partial charge in [0.25, 0.3) is 0 Å². The lowest BCUT2D eigenvalue weighted by Gasteiger charge is -2.34. The summed E-state index contributed by atoms with van der Waals surface area (Å²) < 4.78 is 0. The molecule has 1 aliphatic rings. The minimum Gasteiger partial charge on any atom is -0.327 e. The zero-order chi connectivity index (χ0) is 17.7. The number of nitrogens with one attached hydrogen (secondary N) is 2. The van der Waals surface area contributed by atoms with Crippen molar-refractivity contribution in [2.45, 2.75) is 26.8 Å². The van der Waals surface area contributed by atoms with Crippen LogP contribution >= 0.6 is 0 Å². The summed E-state index contributed by atoms with van der Waals surface area (Å²) in [6.45, 7) is 8.57. The Bertz CT molecular complexity index is 634. The normalized spacial score (nSPS) is 16.2. The fraction of sp³-hybridized carbons (Fsp3) is 0.500. The Labute approximate surface area is 142 Å². The third-order valence-electron chi connectivity index (χ3n) is 4.10. The molecule has 24 heavy (non-hydrogen) atoms. The van der Waals surface area contributed by atoms with E-state index < -0.39 is 11.5 Å². The van der Waals surface area contributed by atoms with Gasteiger partial charge in [-0.2, -0.15) is 5.26 Å². The maximum Gasteiger partial charge on any atom is 0.318 e. The van der Waals surface area contributed by atoms with Crippen molar-refractivity contribution >= 4 is 11.8 Å². The standard InChI is InChI=1S/C18H24N4O2/c1-18(2,3)16(21-17(24)22-10-8-20-9-11-22)15(23)14-6-4-13(12-19)5-7-14/h4-7,16,20H,8-11H2,1-3H3,(H,21,24)/t16-/m1/s1. The van der Waals surface area contributed by atoms with Gasteiger partial charge < -0.3 is 15.5 Å². The Kier molecular flexibility index (Phi) is 5.58. The first-order chi connectivity index (χ1) is 11.3. The molecule has 1 heterocycles. The zero-order valence-electron chi connectivity index (χ0n) is 14.4. The highest BCUT2D eigenvalue weighted by atomic mass is 16.2. The van der Waals surface area contributed by atoms with Crippen LogP contribution in [0.4, 0.5) is 4.79 Å². The molecule has 2 amide bonds. The van der Waals surface area contributed by atoms with Crippen molar-refractivity contribution in [3.8, 4) is 6.07 Å².